The van der Waals surface area contributed by atoms with Gasteiger partial charge in [-0.3, -0.25) is 0 Å². The van der Waals surface area contributed by atoms with Crippen LogP contribution in [-0.2, 0) is 20.4 Å². The molecule has 0 aromatic heterocycles. The average Bonchev–Trinajstić information content (AvgIpc) is 3.24. The minimum Gasteiger partial charge on any atom is -1.00 e. The maximum atomic E-state index is 2.72. The van der Waals surface area contributed by atoms with Gasteiger partial charge in [-0.25, -0.2) is 0 Å². The van der Waals surface area contributed by atoms with Gasteiger partial charge in [0.25, 0.3) is 0 Å². The van der Waals surface area contributed by atoms with Crippen molar-refractivity contribution in [3.05, 3.63) is 46.6 Å². The number of hydrogen-bond acceptors (Lipinski definition) is 0. The van der Waals surface area contributed by atoms with Crippen molar-refractivity contribution in [2.24, 2.45) is 0 Å². The van der Waals surface area contributed by atoms with E-state index in [0.29, 0.717) is 0 Å². The Labute approximate surface area is 180 Å². The van der Waals surface area contributed by atoms with Crippen molar-refractivity contribution in [1.82, 2.24) is 0 Å². The van der Waals surface area contributed by atoms with Gasteiger partial charge in [-0.1, -0.05) is 0 Å². The van der Waals surface area contributed by atoms with Crippen LogP contribution in [0.25, 0.3) is 0 Å². The normalized spacial score (nSPS) is 25.9. The van der Waals surface area contributed by atoms with Crippen LogP contribution in [0.5, 0.6) is 0 Å². The fourth-order valence-corrected chi connectivity index (χ4v) is 29.3. The standard InChI is InChI=1S/2C9H11.C4H10Si.2ClH.Zr/c2*1-2-5-9-7-3-6-8(9)4-1;1-3-5-4-2;;;/h2*3,6-7H,1-2,4-5H2;3-4H2,1-2H3;2*1H;/q;;;;;+2/p-2. The topological polar surface area (TPSA) is 0 Å². The molecule has 0 aliphatic heterocycles. The van der Waals surface area contributed by atoms with Gasteiger partial charge in [-0.05, 0) is 0 Å². The summed E-state index contributed by atoms with van der Waals surface area (Å²) in [4.78, 5) is 0. The van der Waals surface area contributed by atoms with E-state index in [-0.39, 0.29) is 30.2 Å². The van der Waals surface area contributed by atoms with Gasteiger partial charge in [0.1, 0.15) is 0 Å². The Morgan fingerprint density at radius 2 is 1.19 bits per heavy atom. The third-order valence-electron chi connectivity index (χ3n) is 6.77. The van der Waals surface area contributed by atoms with Crippen LogP contribution >= 0.6 is 0 Å². The molecule has 142 valence electrons. The van der Waals surface area contributed by atoms with E-state index in [9.17, 15) is 0 Å². The van der Waals surface area contributed by atoms with Gasteiger partial charge in [0.05, 0.1) is 0 Å². The van der Waals surface area contributed by atoms with Crippen molar-refractivity contribution < 1.29 is 45.2 Å². The van der Waals surface area contributed by atoms with Crippen LogP contribution in [0.4, 0.5) is 0 Å². The van der Waals surface area contributed by atoms with Crippen LogP contribution in [0.15, 0.2) is 46.6 Å². The second-order valence-corrected chi connectivity index (χ2v) is 24.5. The second kappa shape index (κ2) is 10.4. The van der Waals surface area contributed by atoms with E-state index in [1.807, 2.05) is 11.1 Å². The van der Waals surface area contributed by atoms with E-state index < -0.39 is 20.4 Å². The zero-order valence-electron chi connectivity index (χ0n) is 16.3. The van der Waals surface area contributed by atoms with Crippen LogP contribution in [0.3, 0.4) is 0 Å². The summed E-state index contributed by atoms with van der Waals surface area (Å²) < 4.78 is 1.94. The van der Waals surface area contributed by atoms with Crippen molar-refractivity contribution in [2.45, 2.75) is 84.6 Å². The molecule has 0 aromatic carbocycles. The summed E-state index contributed by atoms with van der Waals surface area (Å²) in [5, 5.41) is 0. The van der Waals surface area contributed by atoms with Crippen molar-refractivity contribution in [3.63, 3.8) is 0 Å². The molecule has 0 spiro atoms. The van der Waals surface area contributed by atoms with Crippen LogP contribution in [0.1, 0.15) is 65.2 Å². The van der Waals surface area contributed by atoms with Gasteiger partial charge >= 0.3 is 157 Å². The van der Waals surface area contributed by atoms with Gasteiger partial charge in [-0.2, -0.15) is 0 Å². The SMILES string of the molecule is CC[Si](CC)=[Zr+2]([CH]1C=CC2=C1CCCC2)[CH]1C=CC2=C1CCCC2.[Cl-].[Cl-]. The molecular formula is C22H32Cl2SiZr. The van der Waals surface area contributed by atoms with E-state index >= 15 is 0 Å². The molecule has 0 fully saturated rings. The number of halogens is 2. The Morgan fingerprint density at radius 1 is 0.769 bits per heavy atom. The first-order valence-electron chi connectivity index (χ1n) is 10.4. The molecule has 0 radical (unpaired) electrons. The molecule has 4 heteroatoms. The van der Waals surface area contributed by atoms with Gasteiger partial charge < -0.3 is 24.8 Å². The minimum atomic E-state index is -1.55. The zero-order valence-corrected chi connectivity index (χ0v) is 21.3. The Morgan fingerprint density at radius 3 is 1.62 bits per heavy atom. The summed E-state index contributed by atoms with van der Waals surface area (Å²) in [6.45, 7) is 5.03. The molecule has 0 saturated heterocycles. The molecule has 26 heavy (non-hydrogen) atoms. The smallest absolute Gasteiger partial charge is 1.00 e. The van der Waals surface area contributed by atoms with E-state index in [4.69, 9.17) is 0 Å². The molecule has 0 N–H and O–H groups in total. The quantitative estimate of drug-likeness (QED) is 0.522. The van der Waals surface area contributed by atoms with Crippen molar-refractivity contribution >= 4 is 5.43 Å². The maximum Gasteiger partial charge on any atom is -1.00 e. The molecule has 4 rings (SSSR count). The summed E-state index contributed by atoms with van der Waals surface area (Å²) in [7, 11) is 0. The Balaban J connectivity index is 0.00000121. The Kier molecular flexibility index (Phi) is 9.19. The largest absolute Gasteiger partial charge is 1.00 e. The summed E-state index contributed by atoms with van der Waals surface area (Å²) in [5.41, 5.74) is 7.34. The molecule has 0 nitrogen and oxygen atoms in total. The van der Waals surface area contributed by atoms with Crippen LogP contribution in [0.2, 0.25) is 19.3 Å². The average molecular weight is 487 g/mol. The molecule has 0 saturated carbocycles. The molecular weight excluding hydrogens is 454 g/mol. The predicted molar refractivity (Wildman–Crippen MR) is 103 cm³/mol. The fourth-order valence-electron chi connectivity index (χ4n) is 5.53. The van der Waals surface area contributed by atoms with Gasteiger partial charge in [-0.15, -0.1) is 0 Å². The number of rotatable bonds is 4. The minimum absolute atomic E-state index is 0. The second-order valence-electron chi connectivity index (χ2n) is 7.95. The van der Waals surface area contributed by atoms with Crippen molar-refractivity contribution in [3.8, 4) is 0 Å². The van der Waals surface area contributed by atoms with Crippen molar-refractivity contribution in [1.29, 1.82) is 0 Å². The predicted octanol–water partition coefficient (Wildman–Crippen LogP) is 1.10. The molecule has 0 amide bonds. The number of allylic oxidation sites excluding steroid dienone is 8. The van der Waals surface area contributed by atoms with E-state index in [2.05, 4.69) is 38.2 Å². The Hall–Kier alpha value is 0.640. The van der Waals surface area contributed by atoms with E-state index in [1.54, 1.807) is 11.1 Å². The van der Waals surface area contributed by atoms with Crippen LogP contribution in [0, 0.1) is 0 Å². The van der Waals surface area contributed by atoms with Crippen molar-refractivity contribution in [2.75, 3.05) is 0 Å². The molecule has 4 aliphatic rings. The van der Waals surface area contributed by atoms with E-state index in [1.165, 1.54) is 63.5 Å². The fraction of sp³-hybridized carbons (Fsp3) is 0.636. The zero-order chi connectivity index (χ0) is 16.5. The monoisotopic (exact) mass is 484 g/mol. The molecule has 2 atom stereocenters. The third kappa shape index (κ3) is 4.29. The molecule has 0 aromatic rings. The third-order valence-corrected chi connectivity index (χ3v) is 30.2. The maximum absolute atomic E-state index is 2.72. The summed E-state index contributed by atoms with van der Waals surface area (Å²) >= 11 is -1.55. The molecule has 4 aliphatic carbocycles. The van der Waals surface area contributed by atoms with Gasteiger partial charge in [0, 0.05) is 0 Å². The van der Waals surface area contributed by atoms with Gasteiger partial charge in [0.2, 0.25) is 0 Å². The van der Waals surface area contributed by atoms with Crippen LogP contribution in [-0.4, -0.2) is 5.43 Å². The Bertz CT molecular complexity index is 628. The molecule has 0 bridgehead atoms. The van der Waals surface area contributed by atoms with Gasteiger partial charge in [0.15, 0.2) is 0 Å². The first-order valence-corrected chi connectivity index (χ1v) is 18.8. The van der Waals surface area contributed by atoms with Crippen LogP contribution < -0.4 is 24.8 Å². The first-order chi connectivity index (χ1) is 11.8. The summed E-state index contributed by atoms with van der Waals surface area (Å²) in [6.07, 6.45) is 22.0. The summed E-state index contributed by atoms with van der Waals surface area (Å²) in [6, 6.07) is 3.05. The molecule has 2 unspecified atom stereocenters. The molecule has 0 heterocycles. The van der Waals surface area contributed by atoms with E-state index in [0.717, 1.165) is 7.25 Å². The first kappa shape index (κ1) is 22.9. The summed E-state index contributed by atoms with van der Waals surface area (Å²) in [5.74, 6) is 0. The number of hydrogen-bond donors (Lipinski definition) is 0.